The third kappa shape index (κ3) is 5.05. The van der Waals surface area contributed by atoms with E-state index in [9.17, 15) is 10.4 Å². The van der Waals surface area contributed by atoms with E-state index in [0.29, 0.717) is 29.5 Å². The first-order chi connectivity index (χ1) is 12.7. The Labute approximate surface area is 155 Å². The van der Waals surface area contributed by atoms with Crippen LogP contribution in [0.4, 0.5) is 11.8 Å². The molecule has 1 heterocycles. The quantitative estimate of drug-likeness (QED) is 0.717. The predicted molar refractivity (Wildman–Crippen MR) is 99.9 cm³/mol. The molecule has 3 N–H and O–H groups in total. The summed E-state index contributed by atoms with van der Waals surface area (Å²) in [4.78, 5) is 8.87. The van der Waals surface area contributed by atoms with Gasteiger partial charge < -0.3 is 20.5 Å². The van der Waals surface area contributed by atoms with Crippen LogP contribution >= 0.6 is 0 Å². The van der Waals surface area contributed by atoms with E-state index < -0.39 is 0 Å². The molecule has 2 aliphatic rings. The Morgan fingerprint density at radius 2 is 1.77 bits per heavy atom. The standard InChI is InChI=1S/C19H29N5O2/c1-2-26-17-9-5-15(6-10-17)23-19-21-12-13(11-20)18(24-19)22-14-3-7-16(25)8-4-14/h12,14-17,25H,2-10H2,1H3,(H2,21,22,23,24)/t14-,15-,16+,17-. The highest BCUT2D eigenvalue weighted by Gasteiger charge is 2.23. The van der Waals surface area contributed by atoms with E-state index in [-0.39, 0.29) is 12.1 Å². The fourth-order valence-corrected chi connectivity index (χ4v) is 3.85. The van der Waals surface area contributed by atoms with Gasteiger partial charge in [0.2, 0.25) is 5.95 Å². The van der Waals surface area contributed by atoms with Crippen molar-refractivity contribution < 1.29 is 9.84 Å². The van der Waals surface area contributed by atoms with Gasteiger partial charge in [0, 0.05) is 18.7 Å². The average Bonchev–Trinajstić information content (AvgIpc) is 2.66. The Morgan fingerprint density at radius 1 is 1.12 bits per heavy atom. The van der Waals surface area contributed by atoms with Gasteiger partial charge in [0.25, 0.3) is 0 Å². The molecule has 0 unspecified atom stereocenters. The molecule has 0 aromatic carbocycles. The van der Waals surface area contributed by atoms with Gasteiger partial charge in [0.05, 0.1) is 18.4 Å². The number of hydrogen-bond acceptors (Lipinski definition) is 7. The molecule has 0 saturated heterocycles. The van der Waals surface area contributed by atoms with E-state index in [0.717, 1.165) is 58.0 Å². The molecule has 7 nitrogen and oxygen atoms in total. The largest absolute Gasteiger partial charge is 0.393 e. The summed E-state index contributed by atoms with van der Waals surface area (Å²) in [5, 5.41) is 25.8. The second-order valence-corrected chi connectivity index (χ2v) is 7.29. The Morgan fingerprint density at radius 3 is 2.42 bits per heavy atom. The van der Waals surface area contributed by atoms with Crippen molar-refractivity contribution in [1.82, 2.24) is 9.97 Å². The highest BCUT2D eigenvalue weighted by molar-refractivity contribution is 5.54. The maximum Gasteiger partial charge on any atom is 0.224 e. The van der Waals surface area contributed by atoms with Gasteiger partial charge in [0.15, 0.2) is 0 Å². The average molecular weight is 359 g/mol. The lowest BCUT2D eigenvalue weighted by molar-refractivity contribution is 0.0346. The maximum atomic E-state index is 9.65. The first-order valence-electron chi connectivity index (χ1n) is 9.77. The lowest BCUT2D eigenvalue weighted by Gasteiger charge is -2.29. The molecular weight excluding hydrogens is 330 g/mol. The van der Waals surface area contributed by atoms with Crippen LogP contribution in [0.25, 0.3) is 0 Å². The first kappa shape index (κ1) is 18.9. The molecule has 2 saturated carbocycles. The number of aliphatic hydroxyl groups is 1. The van der Waals surface area contributed by atoms with Crippen molar-refractivity contribution in [2.45, 2.75) is 82.6 Å². The maximum absolute atomic E-state index is 9.65. The molecule has 2 aliphatic carbocycles. The van der Waals surface area contributed by atoms with Crippen LogP contribution in [-0.4, -0.2) is 46.0 Å². The van der Waals surface area contributed by atoms with Crippen LogP contribution < -0.4 is 10.6 Å². The second-order valence-electron chi connectivity index (χ2n) is 7.29. The summed E-state index contributed by atoms with van der Waals surface area (Å²) in [7, 11) is 0. The molecular formula is C19H29N5O2. The van der Waals surface area contributed by atoms with Crippen LogP contribution in [0.1, 0.15) is 63.9 Å². The van der Waals surface area contributed by atoms with Gasteiger partial charge >= 0.3 is 0 Å². The highest BCUT2D eigenvalue weighted by atomic mass is 16.5. The molecule has 1 aromatic rings. The van der Waals surface area contributed by atoms with Crippen molar-refractivity contribution in [3.05, 3.63) is 11.8 Å². The number of rotatable bonds is 6. The Balaban J connectivity index is 1.59. The van der Waals surface area contributed by atoms with Gasteiger partial charge in [-0.1, -0.05) is 0 Å². The normalized spacial score (nSPS) is 29.0. The van der Waals surface area contributed by atoms with E-state index in [4.69, 9.17) is 4.74 Å². The third-order valence-electron chi connectivity index (χ3n) is 5.36. The minimum absolute atomic E-state index is 0.196. The molecule has 26 heavy (non-hydrogen) atoms. The molecule has 0 radical (unpaired) electrons. The number of aromatic nitrogens is 2. The number of nitriles is 1. The van der Waals surface area contributed by atoms with E-state index in [1.807, 2.05) is 6.92 Å². The van der Waals surface area contributed by atoms with Crippen LogP contribution in [0.15, 0.2) is 6.20 Å². The molecule has 142 valence electrons. The summed E-state index contributed by atoms with van der Waals surface area (Å²) in [5.74, 6) is 1.16. The van der Waals surface area contributed by atoms with Crippen LogP contribution in [0.2, 0.25) is 0 Å². The summed E-state index contributed by atoms with van der Waals surface area (Å²) in [5.41, 5.74) is 0.460. The van der Waals surface area contributed by atoms with Crippen LogP contribution in [0.5, 0.6) is 0 Å². The molecule has 0 bridgehead atoms. The molecule has 3 rings (SSSR count). The Bertz CT molecular complexity index is 617. The zero-order valence-corrected chi connectivity index (χ0v) is 15.4. The van der Waals surface area contributed by atoms with E-state index >= 15 is 0 Å². The Kier molecular flexibility index (Phi) is 6.64. The second kappa shape index (κ2) is 9.15. The van der Waals surface area contributed by atoms with Crippen molar-refractivity contribution in [1.29, 1.82) is 5.26 Å². The summed E-state index contributed by atoms with van der Waals surface area (Å²) in [6.45, 7) is 2.81. The number of aliphatic hydroxyl groups excluding tert-OH is 1. The lowest BCUT2D eigenvalue weighted by Crippen LogP contribution is -2.31. The molecule has 0 amide bonds. The van der Waals surface area contributed by atoms with Crippen molar-refractivity contribution in [2.24, 2.45) is 0 Å². The molecule has 0 aliphatic heterocycles. The van der Waals surface area contributed by atoms with Crippen molar-refractivity contribution in [2.75, 3.05) is 17.2 Å². The summed E-state index contributed by atoms with van der Waals surface area (Å²) >= 11 is 0. The lowest BCUT2D eigenvalue weighted by atomic mass is 9.93. The minimum Gasteiger partial charge on any atom is -0.393 e. The SMILES string of the molecule is CCO[C@H]1CC[C@H](Nc2ncc(C#N)c(N[C@H]3CC[C@@H](O)CC3)n2)CC1. The van der Waals surface area contributed by atoms with Crippen molar-refractivity contribution in [3.63, 3.8) is 0 Å². The fraction of sp³-hybridized carbons (Fsp3) is 0.737. The molecule has 1 aromatic heterocycles. The minimum atomic E-state index is -0.196. The van der Waals surface area contributed by atoms with E-state index in [2.05, 4.69) is 26.7 Å². The van der Waals surface area contributed by atoms with Gasteiger partial charge in [-0.2, -0.15) is 10.2 Å². The third-order valence-corrected chi connectivity index (χ3v) is 5.36. The monoisotopic (exact) mass is 359 g/mol. The summed E-state index contributed by atoms with van der Waals surface area (Å²) in [6, 6.07) is 2.75. The van der Waals surface area contributed by atoms with Crippen LogP contribution in [0, 0.1) is 11.3 Å². The van der Waals surface area contributed by atoms with Gasteiger partial charge in [-0.25, -0.2) is 4.98 Å². The number of nitrogens with one attached hydrogen (secondary N) is 2. The zero-order chi connectivity index (χ0) is 18.4. The van der Waals surface area contributed by atoms with Crippen molar-refractivity contribution in [3.8, 4) is 6.07 Å². The summed E-state index contributed by atoms with van der Waals surface area (Å²) < 4.78 is 5.70. The smallest absolute Gasteiger partial charge is 0.224 e. The number of hydrogen-bond donors (Lipinski definition) is 3. The van der Waals surface area contributed by atoms with Gasteiger partial charge in [-0.3, -0.25) is 0 Å². The van der Waals surface area contributed by atoms with Gasteiger partial charge in [-0.15, -0.1) is 0 Å². The van der Waals surface area contributed by atoms with Crippen LogP contribution in [-0.2, 0) is 4.74 Å². The number of ether oxygens (including phenoxy) is 1. The van der Waals surface area contributed by atoms with Gasteiger partial charge in [-0.05, 0) is 58.3 Å². The zero-order valence-electron chi connectivity index (χ0n) is 15.4. The van der Waals surface area contributed by atoms with E-state index in [1.54, 1.807) is 6.20 Å². The molecule has 0 spiro atoms. The predicted octanol–water partition coefficient (Wildman–Crippen LogP) is 2.82. The Hall–Kier alpha value is -1.91. The summed E-state index contributed by atoms with van der Waals surface area (Å²) in [6.07, 6.45) is 9.30. The van der Waals surface area contributed by atoms with Crippen LogP contribution in [0.3, 0.4) is 0 Å². The fourth-order valence-electron chi connectivity index (χ4n) is 3.85. The molecule has 0 atom stereocenters. The number of anilines is 2. The topological polar surface area (TPSA) is 103 Å². The molecule has 7 heteroatoms. The van der Waals surface area contributed by atoms with Crippen molar-refractivity contribution >= 4 is 11.8 Å². The van der Waals surface area contributed by atoms with Gasteiger partial charge in [0.1, 0.15) is 17.5 Å². The first-order valence-corrected chi connectivity index (χ1v) is 9.77. The molecule has 2 fully saturated rings. The van der Waals surface area contributed by atoms with E-state index in [1.165, 1.54) is 0 Å². The highest BCUT2D eigenvalue weighted by Crippen LogP contribution is 2.25. The number of nitrogens with zero attached hydrogens (tertiary/aromatic N) is 3.